The number of nitrogens with one attached hydrogen (secondary N) is 2. The molecule has 0 saturated heterocycles. The molecule has 2 N–H and O–H groups in total. The Balaban J connectivity index is 2.04. The predicted molar refractivity (Wildman–Crippen MR) is 109 cm³/mol. The molecule has 0 spiro atoms. The minimum atomic E-state index is -0.384. The molecule has 26 heavy (non-hydrogen) atoms. The first-order chi connectivity index (χ1) is 12.3. The van der Waals surface area contributed by atoms with Gasteiger partial charge in [0, 0.05) is 10.2 Å². The highest BCUT2D eigenvalue weighted by Gasteiger charge is 2.15. The highest BCUT2D eigenvalue weighted by Crippen LogP contribution is 2.24. The van der Waals surface area contributed by atoms with Gasteiger partial charge in [-0.1, -0.05) is 29.8 Å². The number of halogens is 2. The van der Waals surface area contributed by atoms with E-state index in [1.807, 2.05) is 6.07 Å². The SMILES string of the molecule is CC(C)CCOc1ccc(Br)cc1C(=O)NC(=S)Nc1ccc(F)cc1. The van der Waals surface area contributed by atoms with Gasteiger partial charge in [-0.05, 0) is 67.0 Å². The van der Waals surface area contributed by atoms with E-state index in [1.54, 1.807) is 12.1 Å². The Hall–Kier alpha value is -1.99. The maximum atomic E-state index is 12.9. The lowest BCUT2D eigenvalue weighted by Crippen LogP contribution is -2.34. The largest absolute Gasteiger partial charge is 0.493 e. The van der Waals surface area contributed by atoms with Crippen molar-refractivity contribution in [1.29, 1.82) is 0 Å². The van der Waals surface area contributed by atoms with Crippen LogP contribution in [0, 0.1) is 11.7 Å². The van der Waals surface area contributed by atoms with Gasteiger partial charge in [0.2, 0.25) is 0 Å². The summed E-state index contributed by atoms with van der Waals surface area (Å²) in [5, 5.41) is 5.58. The average Bonchev–Trinajstić information content (AvgIpc) is 2.57. The van der Waals surface area contributed by atoms with Crippen LogP contribution in [0.2, 0.25) is 0 Å². The summed E-state index contributed by atoms with van der Waals surface area (Å²) in [4.78, 5) is 12.6. The molecule has 0 aliphatic heterocycles. The molecule has 0 fully saturated rings. The fourth-order valence-electron chi connectivity index (χ4n) is 2.08. The van der Waals surface area contributed by atoms with E-state index in [-0.39, 0.29) is 16.8 Å². The van der Waals surface area contributed by atoms with Crippen LogP contribution in [0.1, 0.15) is 30.6 Å². The number of benzene rings is 2. The second-order valence-corrected chi connectivity index (χ2v) is 7.41. The number of hydrogen-bond acceptors (Lipinski definition) is 3. The Morgan fingerprint density at radius 1 is 1.23 bits per heavy atom. The number of ether oxygens (including phenoxy) is 1. The van der Waals surface area contributed by atoms with Crippen molar-refractivity contribution in [3.8, 4) is 5.75 Å². The molecule has 0 saturated carbocycles. The van der Waals surface area contributed by atoms with E-state index in [9.17, 15) is 9.18 Å². The predicted octanol–water partition coefficient (Wildman–Crippen LogP) is 5.14. The first-order valence-electron chi connectivity index (χ1n) is 8.15. The number of anilines is 1. The molecule has 1 amide bonds. The summed E-state index contributed by atoms with van der Waals surface area (Å²) in [6.07, 6.45) is 0.891. The van der Waals surface area contributed by atoms with Crippen LogP contribution in [0.15, 0.2) is 46.9 Å². The van der Waals surface area contributed by atoms with E-state index >= 15 is 0 Å². The molecule has 138 valence electrons. The third-order valence-corrected chi connectivity index (χ3v) is 4.17. The van der Waals surface area contributed by atoms with Gasteiger partial charge in [0.05, 0.1) is 12.2 Å². The maximum absolute atomic E-state index is 12.9. The second kappa shape index (κ2) is 9.64. The Bertz CT molecular complexity index is 782. The molecule has 7 heteroatoms. The lowest BCUT2D eigenvalue weighted by atomic mass is 10.1. The zero-order valence-electron chi connectivity index (χ0n) is 14.5. The Labute approximate surface area is 166 Å². The van der Waals surface area contributed by atoms with Crippen molar-refractivity contribution in [2.24, 2.45) is 5.92 Å². The molecular weight excluding hydrogens is 419 g/mol. The van der Waals surface area contributed by atoms with Gasteiger partial charge in [0.25, 0.3) is 5.91 Å². The second-order valence-electron chi connectivity index (χ2n) is 6.09. The van der Waals surface area contributed by atoms with Crippen LogP contribution in [-0.2, 0) is 0 Å². The number of carbonyl (C=O) groups is 1. The fourth-order valence-corrected chi connectivity index (χ4v) is 2.65. The topological polar surface area (TPSA) is 50.4 Å². The van der Waals surface area contributed by atoms with Crippen LogP contribution in [0.25, 0.3) is 0 Å². The average molecular weight is 439 g/mol. The number of carbonyl (C=O) groups excluding carboxylic acids is 1. The molecule has 0 heterocycles. The van der Waals surface area contributed by atoms with Crippen LogP contribution in [-0.4, -0.2) is 17.6 Å². The third kappa shape index (κ3) is 6.38. The van der Waals surface area contributed by atoms with Crippen molar-refractivity contribution >= 4 is 44.9 Å². The summed E-state index contributed by atoms with van der Waals surface area (Å²) < 4.78 is 19.5. The van der Waals surface area contributed by atoms with Crippen LogP contribution in [0.3, 0.4) is 0 Å². The Morgan fingerprint density at radius 3 is 2.58 bits per heavy atom. The number of amides is 1. The molecule has 0 aromatic heterocycles. The quantitative estimate of drug-likeness (QED) is 0.612. The lowest BCUT2D eigenvalue weighted by molar-refractivity contribution is 0.0973. The zero-order valence-corrected chi connectivity index (χ0v) is 16.9. The molecule has 4 nitrogen and oxygen atoms in total. The zero-order chi connectivity index (χ0) is 19.1. The van der Waals surface area contributed by atoms with Gasteiger partial charge in [-0.15, -0.1) is 0 Å². The van der Waals surface area contributed by atoms with Crippen molar-refractivity contribution in [1.82, 2.24) is 5.32 Å². The standard InChI is InChI=1S/C19H20BrFN2O2S/c1-12(2)9-10-25-17-8-3-13(20)11-16(17)18(24)23-19(26)22-15-6-4-14(21)5-7-15/h3-8,11-12H,9-10H2,1-2H3,(H2,22,23,24,26). The molecule has 2 aromatic rings. The van der Waals surface area contributed by atoms with Gasteiger partial charge in [-0.25, -0.2) is 4.39 Å². The summed E-state index contributed by atoms with van der Waals surface area (Å²) in [7, 11) is 0. The van der Waals surface area contributed by atoms with Crippen molar-refractivity contribution in [3.63, 3.8) is 0 Å². The summed E-state index contributed by atoms with van der Waals surface area (Å²) in [6.45, 7) is 4.74. The molecule has 0 aliphatic carbocycles. The smallest absolute Gasteiger partial charge is 0.261 e. The summed E-state index contributed by atoms with van der Waals surface area (Å²) in [6, 6.07) is 10.9. The third-order valence-electron chi connectivity index (χ3n) is 3.47. The minimum absolute atomic E-state index is 0.120. The fraction of sp³-hybridized carbons (Fsp3) is 0.263. The van der Waals surface area contributed by atoms with Gasteiger partial charge in [-0.3, -0.25) is 10.1 Å². The van der Waals surface area contributed by atoms with E-state index in [0.29, 0.717) is 29.5 Å². The van der Waals surface area contributed by atoms with Gasteiger partial charge in [0.15, 0.2) is 5.11 Å². The van der Waals surface area contributed by atoms with Crippen LogP contribution in [0.5, 0.6) is 5.75 Å². The minimum Gasteiger partial charge on any atom is -0.493 e. The van der Waals surface area contributed by atoms with E-state index in [0.717, 1.165) is 10.9 Å². The van der Waals surface area contributed by atoms with Gasteiger partial charge in [-0.2, -0.15) is 0 Å². The van der Waals surface area contributed by atoms with Crippen LogP contribution >= 0.6 is 28.1 Å². The Kier molecular flexibility index (Phi) is 7.53. The van der Waals surface area contributed by atoms with Crippen LogP contribution in [0.4, 0.5) is 10.1 Å². The van der Waals surface area contributed by atoms with Gasteiger partial charge >= 0.3 is 0 Å². The molecule has 2 aromatic carbocycles. The molecule has 0 unspecified atom stereocenters. The first-order valence-corrected chi connectivity index (χ1v) is 9.35. The van der Waals surface area contributed by atoms with E-state index in [1.165, 1.54) is 24.3 Å². The molecule has 2 rings (SSSR count). The lowest BCUT2D eigenvalue weighted by Gasteiger charge is -2.14. The number of hydrogen-bond donors (Lipinski definition) is 2. The molecule has 0 radical (unpaired) electrons. The molecule has 0 aliphatic rings. The summed E-state index contributed by atoms with van der Waals surface area (Å²) in [5.74, 6) is 0.277. The van der Waals surface area contributed by atoms with Crippen molar-refractivity contribution < 1.29 is 13.9 Å². The maximum Gasteiger partial charge on any atom is 0.261 e. The normalized spacial score (nSPS) is 10.5. The summed E-state index contributed by atoms with van der Waals surface area (Å²) >= 11 is 8.52. The van der Waals surface area contributed by atoms with Crippen LogP contribution < -0.4 is 15.4 Å². The monoisotopic (exact) mass is 438 g/mol. The number of rotatable bonds is 6. The highest BCUT2D eigenvalue weighted by atomic mass is 79.9. The Morgan fingerprint density at radius 2 is 1.92 bits per heavy atom. The van der Waals surface area contributed by atoms with Crippen molar-refractivity contribution in [2.45, 2.75) is 20.3 Å². The van der Waals surface area contributed by atoms with E-state index < -0.39 is 0 Å². The van der Waals surface area contributed by atoms with Crippen molar-refractivity contribution in [2.75, 3.05) is 11.9 Å². The van der Waals surface area contributed by atoms with Gasteiger partial charge < -0.3 is 10.1 Å². The molecular formula is C19H20BrFN2O2S. The van der Waals surface area contributed by atoms with E-state index in [4.69, 9.17) is 17.0 Å². The molecule has 0 atom stereocenters. The van der Waals surface area contributed by atoms with Gasteiger partial charge in [0.1, 0.15) is 11.6 Å². The van der Waals surface area contributed by atoms with E-state index in [2.05, 4.69) is 40.4 Å². The molecule has 0 bridgehead atoms. The van der Waals surface area contributed by atoms with Crippen molar-refractivity contribution in [3.05, 3.63) is 58.3 Å². The highest BCUT2D eigenvalue weighted by molar-refractivity contribution is 9.10. The number of thiocarbonyl (C=S) groups is 1. The first kappa shape index (κ1) is 20.3. The summed E-state index contributed by atoms with van der Waals surface area (Å²) in [5.41, 5.74) is 0.964.